The molecular formula is C24H23F2N3O6S. The van der Waals surface area contributed by atoms with Gasteiger partial charge in [-0.05, 0) is 39.2 Å². The lowest BCUT2D eigenvalue weighted by Gasteiger charge is -2.22. The van der Waals surface area contributed by atoms with E-state index in [4.69, 9.17) is 4.74 Å². The molecule has 0 atom stereocenters. The van der Waals surface area contributed by atoms with Gasteiger partial charge in [0.05, 0.1) is 29.2 Å². The highest BCUT2D eigenvalue weighted by atomic mass is 32.1. The smallest absolute Gasteiger partial charge is 0.415 e. The zero-order chi connectivity index (χ0) is 26.6. The average molecular weight is 520 g/mol. The maximum Gasteiger partial charge on any atom is 0.415 e. The number of anilines is 1. The number of carbonyl (C=O) groups excluding carboxylic acids is 1. The molecule has 1 N–H and O–H groups in total. The fourth-order valence-electron chi connectivity index (χ4n) is 3.63. The molecular weight excluding hydrogens is 496 g/mol. The maximum atomic E-state index is 14.5. The van der Waals surface area contributed by atoms with E-state index in [1.54, 1.807) is 25.1 Å². The lowest BCUT2D eigenvalue weighted by atomic mass is 10.0. The van der Waals surface area contributed by atoms with Crippen LogP contribution in [0.25, 0.3) is 10.4 Å². The molecule has 0 saturated heterocycles. The van der Waals surface area contributed by atoms with Crippen molar-refractivity contribution in [2.45, 2.75) is 20.0 Å². The number of carboxylic acid groups (broad SMARTS) is 1. The Labute approximate surface area is 209 Å². The molecule has 1 heterocycles. The highest BCUT2D eigenvalue weighted by Crippen LogP contribution is 2.46. The summed E-state index contributed by atoms with van der Waals surface area (Å²) < 4.78 is 34.0. The fourth-order valence-corrected chi connectivity index (χ4v) is 4.96. The van der Waals surface area contributed by atoms with Crippen LogP contribution in [0.15, 0.2) is 42.5 Å². The van der Waals surface area contributed by atoms with Gasteiger partial charge in [-0.1, -0.05) is 18.2 Å². The van der Waals surface area contributed by atoms with Crippen LogP contribution in [-0.4, -0.2) is 47.7 Å². The van der Waals surface area contributed by atoms with Crippen molar-refractivity contribution in [3.05, 3.63) is 80.9 Å². The number of benzene rings is 2. The summed E-state index contributed by atoms with van der Waals surface area (Å²) in [6.45, 7) is 0.854. The molecule has 0 fully saturated rings. The van der Waals surface area contributed by atoms with E-state index >= 15 is 0 Å². The lowest BCUT2D eigenvalue weighted by Crippen LogP contribution is -2.32. The van der Waals surface area contributed by atoms with Crippen molar-refractivity contribution in [2.24, 2.45) is 0 Å². The first-order valence-corrected chi connectivity index (χ1v) is 11.5. The van der Waals surface area contributed by atoms with Gasteiger partial charge in [-0.15, -0.1) is 11.3 Å². The van der Waals surface area contributed by atoms with Crippen molar-refractivity contribution in [1.82, 2.24) is 4.90 Å². The molecule has 190 valence electrons. The number of para-hydroxylation sites is 1. The lowest BCUT2D eigenvalue weighted by molar-refractivity contribution is -0.384. The number of rotatable bonds is 9. The van der Waals surface area contributed by atoms with Gasteiger partial charge in [-0.25, -0.2) is 18.4 Å². The first-order chi connectivity index (χ1) is 17.1. The van der Waals surface area contributed by atoms with E-state index in [1.807, 2.05) is 0 Å². The van der Waals surface area contributed by atoms with Gasteiger partial charge in [0.15, 0.2) is 0 Å². The molecule has 1 amide bonds. The minimum atomic E-state index is -1.41. The Morgan fingerprint density at radius 3 is 2.25 bits per heavy atom. The molecule has 0 aliphatic heterocycles. The fraction of sp³-hybridized carbons (Fsp3) is 0.250. The summed E-state index contributed by atoms with van der Waals surface area (Å²) in [7, 11) is 3.37. The summed E-state index contributed by atoms with van der Waals surface area (Å²) in [4.78, 5) is 39.3. The van der Waals surface area contributed by atoms with Crippen LogP contribution >= 0.6 is 11.3 Å². The van der Waals surface area contributed by atoms with Gasteiger partial charge in [-0.2, -0.15) is 0 Å². The van der Waals surface area contributed by atoms with E-state index in [9.17, 15) is 33.6 Å². The number of amides is 1. The van der Waals surface area contributed by atoms with Crippen LogP contribution in [0.5, 0.6) is 0 Å². The van der Waals surface area contributed by atoms with Crippen molar-refractivity contribution in [3.8, 4) is 10.4 Å². The molecule has 3 rings (SSSR count). The minimum absolute atomic E-state index is 0.0598. The average Bonchev–Trinajstić information content (AvgIpc) is 3.17. The molecule has 36 heavy (non-hydrogen) atoms. The number of carbonyl (C=O) groups is 2. The Bertz CT molecular complexity index is 1290. The number of hydrogen-bond donors (Lipinski definition) is 1. The molecule has 0 saturated carbocycles. The van der Waals surface area contributed by atoms with E-state index < -0.39 is 40.7 Å². The van der Waals surface area contributed by atoms with Gasteiger partial charge in [0.2, 0.25) is 0 Å². The van der Waals surface area contributed by atoms with E-state index in [2.05, 4.69) is 0 Å². The molecule has 0 spiro atoms. The summed E-state index contributed by atoms with van der Waals surface area (Å²) in [6, 6.07) is 9.01. The number of hydrogen-bond acceptors (Lipinski definition) is 7. The second-order valence-corrected chi connectivity index (χ2v) is 8.89. The van der Waals surface area contributed by atoms with Gasteiger partial charge in [0.25, 0.3) is 5.69 Å². The number of aromatic carboxylic acids is 1. The van der Waals surface area contributed by atoms with Crippen LogP contribution in [0.1, 0.15) is 28.4 Å². The van der Waals surface area contributed by atoms with E-state index in [-0.39, 0.29) is 45.4 Å². The number of thiophene rings is 1. The highest BCUT2D eigenvalue weighted by molar-refractivity contribution is 7.20. The van der Waals surface area contributed by atoms with Crippen LogP contribution in [0.2, 0.25) is 0 Å². The molecule has 1 aromatic heterocycles. The second-order valence-electron chi connectivity index (χ2n) is 7.89. The van der Waals surface area contributed by atoms with E-state index in [0.29, 0.717) is 0 Å². The predicted octanol–water partition coefficient (Wildman–Crippen LogP) is 5.52. The van der Waals surface area contributed by atoms with Crippen LogP contribution in [0.4, 0.5) is 24.3 Å². The Morgan fingerprint density at radius 2 is 1.69 bits per heavy atom. The number of carboxylic acids is 1. The minimum Gasteiger partial charge on any atom is -0.478 e. The molecule has 0 bridgehead atoms. The molecule has 0 aliphatic carbocycles. The van der Waals surface area contributed by atoms with Gasteiger partial charge in [0.1, 0.15) is 16.6 Å². The Morgan fingerprint density at radius 1 is 1.06 bits per heavy atom. The van der Waals surface area contributed by atoms with Crippen LogP contribution in [-0.2, 0) is 17.8 Å². The SMILES string of the molecule is CCOC(=O)N(Cc1c(F)cccc1F)c1sc(-c2ccccc2[N+](=O)[O-])c(CN(C)C)c1C(=O)O. The molecule has 12 heteroatoms. The summed E-state index contributed by atoms with van der Waals surface area (Å²) in [5.41, 5.74) is -0.669. The summed E-state index contributed by atoms with van der Waals surface area (Å²) in [6.07, 6.45) is -1.02. The summed E-state index contributed by atoms with van der Waals surface area (Å²) in [5, 5.41) is 21.7. The third-order valence-corrected chi connectivity index (χ3v) is 6.42. The van der Waals surface area contributed by atoms with Gasteiger partial charge < -0.3 is 14.7 Å². The molecule has 9 nitrogen and oxygen atoms in total. The molecule has 0 aliphatic rings. The van der Waals surface area contributed by atoms with Gasteiger partial charge in [0, 0.05) is 28.6 Å². The number of halogens is 2. The van der Waals surface area contributed by atoms with Crippen LogP contribution < -0.4 is 4.90 Å². The first kappa shape index (κ1) is 26.7. The van der Waals surface area contributed by atoms with Crippen molar-refractivity contribution < 1.29 is 33.1 Å². The van der Waals surface area contributed by atoms with Crippen molar-refractivity contribution in [3.63, 3.8) is 0 Å². The zero-order valence-electron chi connectivity index (χ0n) is 19.7. The third-order valence-electron chi connectivity index (χ3n) is 5.13. The number of nitro benzene ring substituents is 1. The first-order valence-electron chi connectivity index (χ1n) is 10.7. The van der Waals surface area contributed by atoms with Crippen molar-refractivity contribution >= 4 is 34.1 Å². The van der Waals surface area contributed by atoms with Gasteiger partial charge in [-0.3, -0.25) is 15.0 Å². The topological polar surface area (TPSA) is 113 Å². The summed E-state index contributed by atoms with van der Waals surface area (Å²) >= 11 is 0.803. The molecule has 3 aromatic rings. The molecule has 0 radical (unpaired) electrons. The zero-order valence-corrected chi connectivity index (χ0v) is 20.5. The highest BCUT2D eigenvalue weighted by Gasteiger charge is 2.33. The Kier molecular flexibility index (Phi) is 8.33. The van der Waals surface area contributed by atoms with Crippen molar-refractivity contribution in [2.75, 3.05) is 25.6 Å². The Hall–Kier alpha value is -3.90. The van der Waals surface area contributed by atoms with E-state index in [0.717, 1.165) is 28.4 Å². The standard InChI is InChI=1S/C24H23F2N3O6S/c1-4-35-24(32)28(13-15-17(25)9-7-10-18(15)26)22-20(23(30)31)16(12-27(2)3)21(36-22)14-8-5-6-11-19(14)29(33)34/h5-11H,4,12-13H2,1-3H3,(H,30,31). The maximum absolute atomic E-state index is 14.5. The van der Waals surface area contributed by atoms with Crippen molar-refractivity contribution in [1.29, 1.82) is 0 Å². The monoisotopic (exact) mass is 519 g/mol. The molecule has 2 aromatic carbocycles. The van der Waals surface area contributed by atoms with Crippen LogP contribution in [0.3, 0.4) is 0 Å². The second kappa shape index (κ2) is 11.2. The third kappa shape index (κ3) is 5.50. The quantitative estimate of drug-likeness (QED) is 0.292. The van der Waals surface area contributed by atoms with Gasteiger partial charge >= 0.3 is 12.1 Å². The number of nitro groups is 1. The molecule has 0 unspecified atom stereocenters. The number of nitrogens with zero attached hydrogens (tertiary/aromatic N) is 3. The summed E-state index contributed by atoms with van der Waals surface area (Å²) in [5.74, 6) is -3.26. The normalized spacial score (nSPS) is 10.9. The predicted molar refractivity (Wildman–Crippen MR) is 130 cm³/mol. The number of ether oxygens (including phenoxy) is 1. The Balaban J connectivity index is 2.33. The largest absolute Gasteiger partial charge is 0.478 e. The van der Waals surface area contributed by atoms with E-state index in [1.165, 1.54) is 31.2 Å². The van der Waals surface area contributed by atoms with Crippen LogP contribution in [0, 0.1) is 21.7 Å².